The lowest BCUT2D eigenvalue weighted by Gasteiger charge is -2.31. The summed E-state index contributed by atoms with van der Waals surface area (Å²) in [6.45, 7) is 10.8. The molecule has 1 saturated carbocycles. The Labute approximate surface area is 113 Å². The number of hydrogen-bond acceptors (Lipinski definition) is 2. The molecule has 0 aromatic carbocycles. The molecule has 0 radical (unpaired) electrons. The second-order valence-electron chi connectivity index (χ2n) is 7.23. The van der Waals surface area contributed by atoms with Crippen LogP contribution in [-0.2, 0) is 0 Å². The summed E-state index contributed by atoms with van der Waals surface area (Å²) in [7, 11) is 0. The van der Waals surface area contributed by atoms with Crippen LogP contribution in [0.5, 0.6) is 0 Å². The monoisotopic (exact) mass is 250 g/mol. The number of nitrogens with one attached hydrogen (secondary N) is 1. The predicted molar refractivity (Wildman–Crippen MR) is 77.2 cm³/mol. The molecule has 2 heteroatoms. The molecule has 18 heavy (non-hydrogen) atoms. The number of rotatable bonds is 7. The predicted octanol–water partition coefficient (Wildman–Crippen LogP) is 4.12. The third kappa shape index (κ3) is 4.98. The molecule has 1 aliphatic rings. The number of nitriles is 1. The van der Waals surface area contributed by atoms with E-state index in [-0.39, 0.29) is 5.41 Å². The fourth-order valence-corrected chi connectivity index (χ4v) is 3.25. The molecule has 0 heterocycles. The molecule has 0 amide bonds. The topological polar surface area (TPSA) is 35.8 Å². The molecule has 0 atom stereocenters. The van der Waals surface area contributed by atoms with E-state index in [9.17, 15) is 0 Å². The first kappa shape index (κ1) is 15.5. The molecule has 0 aromatic heterocycles. The Balaban J connectivity index is 2.33. The Morgan fingerprint density at radius 2 is 1.89 bits per heavy atom. The minimum Gasteiger partial charge on any atom is -0.316 e. The normalized spacial score (nSPS) is 19.1. The number of hydrogen-bond donors (Lipinski definition) is 1. The van der Waals surface area contributed by atoms with Crippen molar-refractivity contribution in [3.8, 4) is 6.07 Å². The van der Waals surface area contributed by atoms with Crippen molar-refractivity contribution in [3.63, 3.8) is 0 Å². The zero-order chi connectivity index (χ0) is 13.6. The Bertz CT molecular complexity index is 280. The molecule has 1 aliphatic carbocycles. The largest absolute Gasteiger partial charge is 0.316 e. The van der Waals surface area contributed by atoms with E-state index in [1.807, 2.05) is 13.8 Å². The first-order valence-corrected chi connectivity index (χ1v) is 7.51. The van der Waals surface area contributed by atoms with Crippen LogP contribution in [-0.4, -0.2) is 13.1 Å². The first-order chi connectivity index (χ1) is 8.39. The molecule has 1 N–H and O–H groups in total. The molecule has 1 fully saturated rings. The van der Waals surface area contributed by atoms with Crippen LogP contribution in [0.15, 0.2) is 0 Å². The Hall–Kier alpha value is -0.550. The van der Waals surface area contributed by atoms with Gasteiger partial charge in [0.05, 0.1) is 11.5 Å². The fraction of sp³-hybridized carbons (Fsp3) is 0.938. The maximum atomic E-state index is 9.00. The average Bonchev–Trinajstić information content (AvgIpc) is 2.73. The van der Waals surface area contributed by atoms with Gasteiger partial charge in [0, 0.05) is 6.54 Å². The second kappa shape index (κ2) is 6.57. The van der Waals surface area contributed by atoms with Gasteiger partial charge in [-0.05, 0) is 57.4 Å². The maximum Gasteiger partial charge on any atom is 0.0684 e. The SMILES string of the molecule is CC(C)CC1(CNCCC(C)(C)C#N)CCCC1. The van der Waals surface area contributed by atoms with Crippen LogP contribution in [0.3, 0.4) is 0 Å². The lowest BCUT2D eigenvalue weighted by atomic mass is 9.78. The van der Waals surface area contributed by atoms with Crippen molar-refractivity contribution in [3.05, 3.63) is 0 Å². The van der Waals surface area contributed by atoms with E-state index < -0.39 is 0 Å². The molecule has 104 valence electrons. The minimum atomic E-state index is -0.187. The van der Waals surface area contributed by atoms with Crippen molar-refractivity contribution < 1.29 is 0 Å². The van der Waals surface area contributed by atoms with Crippen LogP contribution in [0.2, 0.25) is 0 Å². The highest BCUT2D eigenvalue weighted by molar-refractivity contribution is 4.92. The molecule has 2 nitrogen and oxygen atoms in total. The molecular weight excluding hydrogens is 220 g/mol. The van der Waals surface area contributed by atoms with E-state index in [2.05, 4.69) is 25.2 Å². The molecule has 0 aromatic rings. The third-order valence-electron chi connectivity index (χ3n) is 4.23. The van der Waals surface area contributed by atoms with E-state index in [0.29, 0.717) is 5.41 Å². The van der Waals surface area contributed by atoms with Crippen molar-refractivity contribution in [1.82, 2.24) is 5.32 Å². The van der Waals surface area contributed by atoms with Crippen LogP contribution >= 0.6 is 0 Å². The van der Waals surface area contributed by atoms with Crippen LogP contribution < -0.4 is 5.32 Å². The average molecular weight is 250 g/mol. The molecule has 0 aliphatic heterocycles. The Kier molecular flexibility index (Phi) is 5.66. The summed E-state index contributed by atoms with van der Waals surface area (Å²) in [6.07, 6.45) is 7.87. The van der Waals surface area contributed by atoms with Crippen molar-refractivity contribution in [2.45, 2.75) is 66.2 Å². The van der Waals surface area contributed by atoms with Gasteiger partial charge in [-0.25, -0.2) is 0 Å². The van der Waals surface area contributed by atoms with Gasteiger partial charge in [0.1, 0.15) is 0 Å². The Morgan fingerprint density at radius 1 is 1.28 bits per heavy atom. The summed E-state index contributed by atoms with van der Waals surface area (Å²) < 4.78 is 0. The summed E-state index contributed by atoms with van der Waals surface area (Å²) >= 11 is 0. The summed E-state index contributed by atoms with van der Waals surface area (Å²) in [5, 5.41) is 12.6. The summed E-state index contributed by atoms with van der Waals surface area (Å²) in [5.74, 6) is 0.792. The summed E-state index contributed by atoms with van der Waals surface area (Å²) in [5.41, 5.74) is 0.360. The van der Waals surface area contributed by atoms with Crippen molar-refractivity contribution in [2.75, 3.05) is 13.1 Å². The van der Waals surface area contributed by atoms with Gasteiger partial charge in [0.2, 0.25) is 0 Å². The zero-order valence-corrected chi connectivity index (χ0v) is 12.7. The maximum absolute atomic E-state index is 9.00. The molecule has 0 spiro atoms. The van der Waals surface area contributed by atoms with Crippen LogP contribution in [0.25, 0.3) is 0 Å². The van der Waals surface area contributed by atoms with Gasteiger partial charge in [0.15, 0.2) is 0 Å². The van der Waals surface area contributed by atoms with E-state index in [0.717, 1.165) is 25.4 Å². The van der Waals surface area contributed by atoms with Gasteiger partial charge in [-0.3, -0.25) is 0 Å². The van der Waals surface area contributed by atoms with Gasteiger partial charge in [-0.1, -0.05) is 26.7 Å². The quantitative estimate of drug-likeness (QED) is 0.690. The summed E-state index contributed by atoms with van der Waals surface area (Å²) in [6, 6.07) is 2.37. The lowest BCUT2D eigenvalue weighted by Crippen LogP contribution is -2.35. The van der Waals surface area contributed by atoms with E-state index in [1.54, 1.807) is 0 Å². The van der Waals surface area contributed by atoms with E-state index in [1.165, 1.54) is 32.1 Å². The standard InChI is InChI=1S/C16H30N2/c1-14(2)11-16(7-5-6-8-16)13-18-10-9-15(3,4)12-17/h14,18H,5-11,13H2,1-4H3. The third-order valence-corrected chi connectivity index (χ3v) is 4.23. The molecule has 0 unspecified atom stereocenters. The molecule has 0 saturated heterocycles. The van der Waals surface area contributed by atoms with E-state index >= 15 is 0 Å². The van der Waals surface area contributed by atoms with Crippen molar-refractivity contribution in [1.29, 1.82) is 5.26 Å². The molecule has 0 bridgehead atoms. The smallest absolute Gasteiger partial charge is 0.0684 e. The highest BCUT2D eigenvalue weighted by Gasteiger charge is 2.33. The second-order valence-corrected chi connectivity index (χ2v) is 7.23. The lowest BCUT2D eigenvalue weighted by molar-refractivity contribution is 0.221. The van der Waals surface area contributed by atoms with Gasteiger partial charge in [-0.15, -0.1) is 0 Å². The van der Waals surface area contributed by atoms with Gasteiger partial charge in [0.25, 0.3) is 0 Å². The van der Waals surface area contributed by atoms with Gasteiger partial charge in [-0.2, -0.15) is 5.26 Å². The van der Waals surface area contributed by atoms with Crippen LogP contribution in [0.1, 0.15) is 66.2 Å². The van der Waals surface area contributed by atoms with Crippen LogP contribution in [0.4, 0.5) is 0 Å². The zero-order valence-electron chi connectivity index (χ0n) is 12.7. The highest BCUT2D eigenvalue weighted by Crippen LogP contribution is 2.42. The summed E-state index contributed by atoms with van der Waals surface area (Å²) in [4.78, 5) is 0. The number of nitrogens with zero attached hydrogens (tertiary/aromatic N) is 1. The van der Waals surface area contributed by atoms with E-state index in [4.69, 9.17) is 5.26 Å². The first-order valence-electron chi connectivity index (χ1n) is 7.51. The highest BCUT2D eigenvalue weighted by atomic mass is 14.9. The van der Waals surface area contributed by atoms with Crippen LogP contribution in [0, 0.1) is 28.1 Å². The molecule has 1 rings (SSSR count). The van der Waals surface area contributed by atoms with Crippen molar-refractivity contribution in [2.24, 2.45) is 16.7 Å². The van der Waals surface area contributed by atoms with Gasteiger partial charge < -0.3 is 5.32 Å². The van der Waals surface area contributed by atoms with Crippen molar-refractivity contribution >= 4 is 0 Å². The Morgan fingerprint density at radius 3 is 2.39 bits per heavy atom. The molecular formula is C16H30N2. The minimum absolute atomic E-state index is 0.187. The fourth-order valence-electron chi connectivity index (χ4n) is 3.25. The van der Waals surface area contributed by atoms with Gasteiger partial charge >= 0.3 is 0 Å².